The highest BCUT2D eigenvalue weighted by atomic mass is 19.1. The van der Waals surface area contributed by atoms with Gasteiger partial charge in [-0.3, -0.25) is 9.59 Å². The number of imidazole rings is 1. The number of carbonyl (C=O) groups excluding carboxylic acids is 1. The molecule has 0 aliphatic carbocycles. The number of hydrogen-bond donors (Lipinski definition) is 5. The van der Waals surface area contributed by atoms with Gasteiger partial charge in [-0.1, -0.05) is 6.07 Å². The Morgan fingerprint density at radius 1 is 1.11 bits per heavy atom. The zero-order valence-corrected chi connectivity index (χ0v) is 19.1. The van der Waals surface area contributed by atoms with Crippen LogP contribution in [0.3, 0.4) is 0 Å². The topological polar surface area (TPSA) is 157 Å². The predicted octanol–water partition coefficient (Wildman–Crippen LogP) is 4.57. The Balaban J connectivity index is 1.96. The van der Waals surface area contributed by atoms with Gasteiger partial charge in [0.2, 0.25) is 0 Å². The molecule has 9 nitrogen and oxygen atoms in total. The number of ether oxygens (including phenoxy) is 1. The van der Waals surface area contributed by atoms with Crippen molar-refractivity contribution in [2.24, 2.45) is 0 Å². The number of H-pyrrole nitrogens is 1. The minimum Gasteiger partial charge on any atom is -0.507 e. The molecule has 0 radical (unpaired) electrons. The molecule has 10 heteroatoms. The number of halogens is 1. The van der Waals surface area contributed by atoms with Gasteiger partial charge in [-0.05, 0) is 60.5 Å². The maximum atomic E-state index is 14.1. The van der Waals surface area contributed by atoms with Crippen LogP contribution in [0.15, 0.2) is 48.5 Å². The minimum atomic E-state index is -1.35. The number of phenols is 2. The average molecular weight is 491 g/mol. The Labute approximate surface area is 204 Å². The summed E-state index contributed by atoms with van der Waals surface area (Å²) in [5, 5.41) is 38.9. The van der Waals surface area contributed by atoms with Gasteiger partial charge < -0.3 is 30.4 Å². The van der Waals surface area contributed by atoms with E-state index in [1.54, 1.807) is 25.1 Å². The summed E-state index contributed by atoms with van der Waals surface area (Å²) in [5.74, 6) is -4.63. The molecule has 0 aliphatic heterocycles. The average Bonchev–Trinajstić information content (AvgIpc) is 3.27. The molecule has 5 N–H and O–H groups in total. The zero-order valence-electron chi connectivity index (χ0n) is 19.1. The molecule has 3 aromatic carbocycles. The lowest BCUT2D eigenvalue weighted by atomic mass is 9.89. The van der Waals surface area contributed by atoms with Crippen molar-refractivity contribution in [3.8, 4) is 34.0 Å². The number of aromatic amines is 1. The van der Waals surface area contributed by atoms with Crippen LogP contribution in [0.25, 0.3) is 33.5 Å². The number of aromatic nitrogens is 2. The van der Waals surface area contributed by atoms with Crippen LogP contribution in [0.4, 0.5) is 4.39 Å². The van der Waals surface area contributed by atoms with Crippen LogP contribution in [0, 0.1) is 11.2 Å². The van der Waals surface area contributed by atoms with E-state index in [1.165, 1.54) is 12.1 Å². The molecule has 0 saturated heterocycles. The second-order valence-electron chi connectivity index (χ2n) is 8.03. The minimum absolute atomic E-state index is 0.0461. The Morgan fingerprint density at radius 3 is 2.56 bits per heavy atom. The van der Waals surface area contributed by atoms with E-state index >= 15 is 0 Å². The van der Waals surface area contributed by atoms with E-state index in [1.807, 2.05) is 0 Å². The van der Waals surface area contributed by atoms with Gasteiger partial charge in [0.05, 0.1) is 35.5 Å². The van der Waals surface area contributed by atoms with E-state index in [2.05, 4.69) is 9.97 Å². The van der Waals surface area contributed by atoms with Gasteiger partial charge in [-0.25, -0.2) is 9.37 Å². The van der Waals surface area contributed by atoms with Gasteiger partial charge in [-0.15, -0.1) is 0 Å². The first-order chi connectivity index (χ1) is 17.2. The number of carboxylic acids is 1. The fourth-order valence-electron chi connectivity index (χ4n) is 3.95. The summed E-state index contributed by atoms with van der Waals surface area (Å²) in [6.45, 7) is 1.67. The number of esters is 1. The number of aliphatic carboxylic acids is 1. The molecule has 4 rings (SSSR count). The van der Waals surface area contributed by atoms with Crippen LogP contribution in [-0.2, 0) is 14.3 Å². The van der Waals surface area contributed by atoms with E-state index in [9.17, 15) is 29.3 Å². The van der Waals surface area contributed by atoms with E-state index in [0.717, 1.165) is 24.4 Å². The molecule has 0 fully saturated rings. The molecule has 1 aromatic heterocycles. The van der Waals surface area contributed by atoms with Crippen LogP contribution in [0.5, 0.6) is 11.5 Å². The summed E-state index contributed by atoms with van der Waals surface area (Å²) in [6.07, 6.45) is 0.681. The first-order valence-corrected chi connectivity index (χ1v) is 11.0. The highest BCUT2D eigenvalue weighted by Crippen LogP contribution is 2.43. The molecule has 1 unspecified atom stereocenters. The number of rotatable bonds is 8. The number of carbonyl (C=O) groups is 2. The van der Waals surface area contributed by atoms with Crippen molar-refractivity contribution in [3.63, 3.8) is 0 Å². The van der Waals surface area contributed by atoms with Crippen LogP contribution >= 0.6 is 0 Å². The number of carboxylic acid groups (broad SMARTS) is 1. The lowest BCUT2D eigenvalue weighted by Crippen LogP contribution is -2.18. The number of nitrogens with zero attached hydrogens (tertiary/aromatic N) is 1. The van der Waals surface area contributed by atoms with Crippen molar-refractivity contribution < 1.29 is 34.0 Å². The van der Waals surface area contributed by atoms with E-state index in [-0.39, 0.29) is 46.2 Å². The van der Waals surface area contributed by atoms with Crippen molar-refractivity contribution in [1.29, 1.82) is 5.41 Å². The molecule has 184 valence electrons. The number of benzene rings is 3. The monoisotopic (exact) mass is 491 g/mol. The highest BCUT2D eigenvalue weighted by Gasteiger charge is 2.28. The van der Waals surface area contributed by atoms with Gasteiger partial charge in [0.15, 0.2) is 0 Å². The lowest BCUT2D eigenvalue weighted by Gasteiger charge is -2.17. The smallest absolute Gasteiger partial charge is 0.311 e. The zero-order chi connectivity index (χ0) is 26.0. The fraction of sp³-hybridized carbons (Fsp3) is 0.154. The molecule has 1 atom stereocenters. The Morgan fingerprint density at radius 2 is 1.86 bits per heavy atom. The van der Waals surface area contributed by atoms with Gasteiger partial charge >= 0.3 is 11.9 Å². The number of nitrogens with one attached hydrogen (secondary N) is 2. The SMILES string of the molecule is CCOC(=O)CC(C(=O)O)c1cc(-c2nc3ccc(C=N)cc3[nH]2)c(O)c(-c2cc(F)ccc2O)c1. The quantitative estimate of drug-likeness (QED) is 0.179. The lowest BCUT2D eigenvalue weighted by molar-refractivity contribution is -0.148. The molecule has 0 aliphatic rings. The Kier molecular flexibility index (Phi) is 6.69. The Bertz CT molecular complexity index is 1500. The number of fused-ring (bicyclic) bond motifs is 1. The van der Waals surface area contributed by atoms with E-state index in [4.69, 9.17) is 10.1 Å². The number of hydrogen-bond acceptors (Lipinski definition) is 7. The molecular weight excluding hydrogens is 469 g/mol. The number of phenolic OH excluding ortho intramolecular Hbond substituents is 2. The van der Waals surface area contributed by atoms with Gasteiger partial charge in [0.1, 0.15) is 23.1 Å². The van der Waals surface area contributed by atoms with Gasteiger partial charge in [0, 0.05) is 17.3 Å². The summed E-state index contributed by atoms with van der Waals surface area (Å²) in [5.41, 5.74) is 1.77. The van der Waals surface area contributed by atoms with E-state index in [0.29, 0.717) is 16.6 Å². The summed E-state index contributed by atoms with van der Waals surface area (Å²) < 4.78 is 19.0. The van der Waals surface area contributed by atoms with Crippen molar-refractivity contribution >= 4 is 29.2 Å². The fourth-order valence-corrected chi connectivity index (χ4v) is 3.95. The Hall–Kier alpha value is -4.73. The maximum Gasteiger partial charge on any atom is 0.311 e. The van der Waals surface area contributed by atoms with E-state index < -0.39 is 30.1 Å². The summed E-state index contributed by atoms with van der Waals surface area (Å²) in [7, 11) is 0. The summed E-state index contributed by atoms with van der Waals surface area (Å²) in [6, 6.07) is 10.9. The largest absolute Gasteiger partial charge is 0.507 e. The molecule has 36 heavy (non-hydrogen) atoms. The molecule has 0 saturated carbocycles. The third kappa shape index (κ3) is 4.74. The summed E-state index contributed by atoms with van der Waals surface area (Å²) in [4.78, 5) is 31.8. The van der Waals surface area contributed by atoms with Crippen molar-refractivity contribution in [3.05, 3.63) is 65.5 Å². The third-order valence-corrected chi connectivity index (χ3v) is 5.69. The molecule has 0 spiro atoms. The van der Waals surface area contributed by atoms with Crippen LogP contribution in [-0.4, -0.2) is 50.0 Å². The third-order valence-electron chi connectivity index (χ3n) is 5.69. The van der Waals surface area contributed by atoms with Crippen LogP contribution in [0.2, 0.25) is 0 Å². The second-order valence-corrected chi connectivity index (χ2v) is 8.03. The summed E-state index contributed by atoms with van der Waals surface area (Å²) >= 11 is 0. The first kappa shape index (κ1) is 24.4. The highest BCUT2D eigenvalue weighted by molar-refractivity contribution is 5.91. The molecule has 0 amide bonds. The van der Waals surface area contributed by atoms with Gasteiger partial charge in [-0.2, -0.15) is 0 Å². The molecule has 1 heterocycles. The normalized spacial score (nSPS) is 11.8. The first-order valence-electron chi connectivity index (χ1n) is 11.0. The predicted molar refractivity (Wildman–Crippen MR) is 130 cm³/mol. The molecular formula is C26H22FN3O6. The van der Waals surface area contributed by atoms with Crippen LogP contribution in [0.1, 0.15) is 30.4 Å². The van der Waals surface area contributed by atoms with Crippen LogP contribution < -0.4 is 0 Å². The number of aromatic hydroxyl groups is 2. The second kappa shape index (κ2) is 9.87. The van der Waals surface area contributed by atoms with Crippen molar-refractivity contribution in [2.75, 3.05) is 6.61 Å². The van der Waals surface area contributed by atoms with Crippen molar-refractivity contribution in [1.82, 2.24) is 9.97 Å². The maximum absolute atomic E-state index is 14.1. The standard InChI is InChI=1S/C26H22FN3O6/c1-2-36-23(32)11-16(26(34)35)14-8-18(17-10-15(27)4-6-22(17)31)24(33)19(9-14)25-29-20-5-3-13(12-28)7-21(20)30-25/h3-10,12,16,28,31,33H,2,11H2,1H3,(H,29,30)(H,34,35). The van der Waals surface area contributed by atoms with Crippen molar-refractivity contribution in [2.45, 2.75) is 19.3 Å². The van der Waals surface area contributed by atoms with Gasteiger partial charge in [0.25, 0.3) is 0 Å². The molecule has 4 aromatic rings. The molecule has 0 bridgehead atoms.